The lowest BCUT2D eigenvalue weighted by Crippen LogP contribution is -2.21. The molecular weight excluding hydrogens is 454 g/mol. The summed E-state index contributed by atoms with van der Waals surface area (Å²) in [6, 6.07) is 16.8. The minimum atomic E-state index is -0.344. The molecule has 0 radical (unpaired) electrons. The van der Waals surface area contributed by atoms with Gasteiger partial charge in [-0.3, -0.25) is 4.79 Å². The summed E-state index contributed by atoms with van der Waals surface area (Å²) in [6.45, 7) is 1.99. The minimum Gasteiger partial charge on any atom is -0.437 e. The van der Waals surface area contributed by atoms with Crippen LogP contribution in [0.3, 0.4) is 0 Å². The second kappa shape index (κ2) is 8.86. The van der Waals surface area contributed by atoms with Crippen LogP contribution >= 0.6 is 22.9 Å². The maximum absolute atomic E-state index is 13.3. The van der Waals surface area contributed by atoms with Gasteiger partial charge in [-0.2, -0.15) is 5.26 Å². The number of rotatable bonds is 3. The zero-order valence-corrected chi connectivity index (χ0v) is 19.5. The summed E-state index contributed by atoms with van der Waals surface area (Å²) in [5, 5.41) is 14.6. The van der Waals surface area contributed by atoms with Crippen molar-refractivity contribution in [3.8, 4) is 6.07 Å². The molecular formula is C26H20ClN3O2S. The van der Waals surface area contributed by atoms with Crippen LogP contribution in [0.15, 0.2) is 57.9 Å². The number of aryl methyl sites for hydroxylation is 2. The topological polar surface area (TPSA) is 78.4 Å². The summed E-state index contributed by atoms with van der Waals surface area (Å²) < 4.78 is 6.07. The largest absolute Gasteiger partial charge is 0.437 e. The SMILES string of the molecule is Cc1ccc(NC(=O)c2cc3cc(Cl)ccc3oc2=Nc2sc3c(c2C#N)CCCC3)cc1. The number of halogens is 1. The zero-order valence-electron chi connectivity index (χ0n) is 17.9. The molecule has 1 amide bonds. The van der Waals surface area contributed by atoms with Gasteiger partial charge in [0.05, 0.1) is 5.56 Å². The Bertz CT molecular complexity index is 1490. The highest BCUT2D eigenvalue weighted by molar-refractivity contribution is 7.16. The standard InChI is InChI=1S/C26H20ClN3O2S/c1-15-6-9-18(10-7-15)29-24(31)20-13-16-12-17(27)8-11-22(16)32-25(20)30-26-21(14-28)19-4-2-3-5-23(19)33-26/h6-13H,2-5H2,1H3,(H,29,31). The van der Waals surface area contributed by atoms with Crippen LogP contribution in [0.2, 0.25) is 5.02 Å². The molecule has 0 saturated carbocycles. The number of anilines is 1. The van der Waals surface area contributed by atoms with Crippen LogP contribution in [0.5, 0.6) is 0 Å². The van der Waals surface area contributed by atoms with Gasteiger partial charge >= 0.3 is 0 Å². The van der Waals surface area contributed by atoms with Crippen LogP contribution in [0.1, 0.15) is 44.8 Å². The first-order chi connectivity index (χ1) is 16.0. The fraction of sp³-hybridized carbons (Fsp3) is 0.192. The number of benzene rings is 2. The van der Waals surface area contributed by atoms with Gasteiger partial charge in [-0.25, -0.2) is 4.99 Å². The normalized spacial score (nSPS) is 13.5. The first-order valence-electron chi connectivity index (χ1n) is 10.7. The van der Waals surface area contributed by atoms with E-state index in [-0.39, 0.29) is 17.0 Å². The smallest absolute Gasteiger partial charge is 0.261 e. The van der Waals surface area contributed by atoms with E-state index in [0.717, 1.165) is 36.8 Å². The molecule has 0 saturated heterocycles. The molecule has 0 atom stereocenters. The van der Waals surface area contributed by atoms with E-state index in [0.29, 0.717) is 32.2 Å². The van der Waals surface area contributed by atoms with Crippen LogP contribution in [0.4, 0.5) is 10.7 Å². The molecule has 1 N–H and O–H groups in total. The lowest BCUT2D eigenvalue weighted by molar-refractivity contribution is 0.102. The van der Waals surface area contributed by atoms with E-state index < -0.39 is 0 Å². The first kappa shape index (κ1) is 21.4. The fourth-order valence-electron chi connectivity index (χ4n) is 4.02. The van der Waals surface area contributed by atoms with Gasteiger partial charge in [0.25, 0.3) is 5.91 Å². The van der Waals surface area contributed by atoms with Gasteiger partial charge in [0.1, 0.15) is 22.2 Å². The molecule has 0 spiro atoms. The maximum Gasteiger partial charge on any atom is 0.261 e. The Morgan fingerprint density at radius 1 is 1.15 bits per heavy atom. The van der Waals surface area contributed by atoms with Crippen molar-refractivity contribution >= 4 is 50.5 Å². The number of nitrogens with zero attached hydrogens (tertiary/aromatic N) is 2. The van der Waals surface area contributed by atoms with Crippen molar-refractivity contribution in [1.29, 1.82) is 5.26 Å². The first-order valence-corrected chi connectivity index (χ1v) is 11.9. The third-order valence-corrected chi connectivity index (χ3v) is 7.15. The Morgan fingerprint density at radius 3 is 2.73 bits per heavy atom. The van der Waals surface area contributed by atoms with Crippen molar-refractivity contribution in [3.63, 3.8) is 0 Å². The van der Waals surface area contributed by atoms with Crippen molar-refractivity contribution in [1.82, 2.24) is 0 Å². The minimum absolute atomic E-state index is 0.171. The molecule has 33 heavy (non-hydrogen) atoms. The molecule has 5 nitrogen and oxygen atoms in total. The molecule has 0 aliphatic heterocycles. The molecule has 2 heterocycles. The van der Waals surface area contributed by atoms with Crippen molar-refractivity contribution in [3.05, 3.63) is 86.2 Å². The van der Waals surface area contributed by atoms with Crippen LogP contribution in [0.25, 0.3) is 11.0 Å². The third kappa shape index (κ3) is 4.30. The zero-order chi connectivity index (χ0) is 22.9. The lowest BCUT2D eigenvalue weighted by Gasteiger charge is -2.09. The molecule has 2 aromatic carbocycles. The second-order valence-corrected chi connectivity index (χ2v) is 9.60. The average Bonchev–Trinajstić information content (AvgIpc) is 3.17. The van der Waals surface area contributed by atoms with Gasteiger partial charge in [0, 0.05) is 21.0 Å². The quantitative estimate of drug-likeness (QED) is 0.360. The summed E-state index contributed by atoms with van der Waals surface area (Å²) in [5.74, 6) is -0.344. The van der Waals surface area contributed by atoms with Crippen LogP contribution in [-0.2, 0) is 12.8 Å². The van der Waals surface area contributed by atoms with Gasteiger partial charge in [0.15, 0.2) is 0 Å². The van der Waals surface area contributed by atoms with Crippen molar-refractivity contribution in [2.75, 3.05) is 5.32 Å². The highest BCUT2D eigenvalue weighted by atomic mass is 35.5. The third-order valence-electron chi connectivity index (χ3n) is 5.73. The average molecular weight is 474 g/mol. The number of carbonyl (C=O) groups is 1. The van der Waals surface area contributed by atoms with Crippen molar-refractivity contribution in [2.45, 2.75) is 32.6 Å². The predicted molar refractivity (Wildman–Crippen MR) is 131 cm³/mol. The summed E-state index contributed by atoms with van der Waals surface area (Å²) >= 11 is 7.68. The number of nitrogens with one attached hydrogen (secondary N) is 1. The molecule has 0 unspecified atom stereocenters. The van der Waals surface area contributed by atoms with E-state index in [9.17, 15) is 10.1 Å². The molecule has 4 aromatic rings. The second-order valence-electron chi connectivity index (χ2n) is 8.08. The molecule has 1 aliphatic rings. The number of amides is 1. The molecule has 164 valence electrons. The molecule has 5 rings (SSSR count). The number of fused-ring (bicyclic) bond motifs is 2. The van der Waals surface area contributed by atoms with E-state index in [1.807, 2.05) is 31.2 Å². The number of hydrogen-bond donors (Lipinski definition) is 1. The highest BCUT2D eigenvalue weighted by Crippen LogP contribution is 2.39. The van der Waals surface area contributed by atoms with Crippen LogP contribution < -0.4 is 10.9 Å². The predicted octanol–water partition coefficient (Wildman–Crippen LogP) is 6.69. The summed E-state index contributed by atoms with van der Waals surface area (Å²) in [7, 11) is 0. The van der Waals surface area contributed by atoms with E-state index in [2.05, 4.69) is 11.4 Å². The molecule has 0 fully saturated rings. The van der Waals surface area contributed by atoms with Crippen LogP contribution in [-0.4, -0.2) is 5.91 Å². The van der Waals surface area contributed by atoms with Crippen molar-refractivity contribution in [2.24, 2.45) is 4.99 Å². The van der Waals surface area contributed by atoms with Gasteiger partial charge in [-0.15, -0.1) is 11.3 Å². The van der Waals surface area contributed by atoms with E-state index in [4.69, 9.17) is 21.0 Å². The van der Waals surface area contributed by atoms with Crippen molar-refractivity contribution < 1.29 is 9.21 Å². The fourth-order valence-corrected chi connectivity index (χ4v) is 5.41. The molecule has 1 aliphatic carbocycles. The van der Waals surface area contributed by atoms with E-state index >= 15 is 0 Å². The Kier molecular flexibility index (Phi) is 5.76. The Labute approximate surface area is 200 Å². The summed E-state index contributed by atoms with van der Waals surface area (Å²) in [5.41, 5.74) is 4.46. The van der Waals surface area contributed by atoms with Gasteiger partial charge in [-0.05, 0) is 74.6 Å². The number of thiophene rings is 1. The molecule has 2 aromatic heterocycles. The van der Waals surface area contributed by atoms with E-state index in [1.54, 1.807) is 24.3 Å². The molecule has 0 bridgehead atoms. The number of nitriles is 1. The number of carbonyl (C=O) groups excluding carboxylic acids is 1. The molecule has 7 heteroatoms. The van der Waals surface area contributed by atoms with Gasteiger partial charge in [-0.1, -0.05) is 29.3 Å². The lowest BCUT2D eigenvalue weighted by atomic mass is 9.96. The summed E-state index contributed by atoms with van der Waals surface area (Å²) in [4.78, 5) is 19.2. The Balaban J connectivity index is 1.67. The monoisotopic (exact) mass is 473 g/mol. The van der Waals surface area contributed by atoms with E-state index in [1.165, 1.54) is 16.2 Å². The van der Waals surface area contributed by atoms with Gasteiger partial charge < -0.3 is 9.73 Å². The van der Waals surface area contributed by atoms with Gasteiger partial charge in [0.2, 0.25) is 5.55 Å². The maximum atomic E-state index is 13.3. The Morgan fingerprint density at radius 2 is 1.94 bits per heavy atom. The van der Waals surface area contributed by atoms with Crippen LogP contribution in [0, 0.1) is 18.3 Å². The summed E-state index contributed by atoms with van der Waals surface area (Å²) in [6.07, 6.45) is 4.03. The number of hydrogen-bond acceptors (Lipinski definition) is 5. The highest BCUT2D eigenvalue weighted by Gasteiger charge is 2.21. The Hall–Kier alpha value is -3.40.